The molecule has 2 N–H and O–H groups in total. The minimum atomic E-state index is -4.25. The lowest BCUT2D eigenvalue weighted by molar-refractivity contribution is 0.0285. The summed E-state index contributed by atoms with van der Waals surface area (Å²) in [4.78, 5) is 14.1. The third-order valence-electron chi connectivity index (χ3n) is 5.02. The highest BCUT2D eigenvalue weighted by Gasteiger charge is 2.29. The van der Waals surface area contributed by atoms with E-state index in [1.54, 1.807) is 24.3 Å². The molecular weight excluding hydrogens is 458 g/mol. The third-order valence-corrected chi connectivity index (χ3v) is 7.78. The van der Waals surface area contributed by atoms with E-state index in [4.69, 9.17) is 9.15 Å². The fourth-order valence-corrected chi connectivity index (χ4v) is 5.31. The van der Waals surface area contributed by atoms with Crippen LogP contribution in [0, 0.1) is 0 Å². The van der Waals surface area contributed by atoms with Crippen LogP contribution in [-0.2, 0) is 24.8 Å². The van der Waals surface area contributed by atoms with Crippen LogP contribution in [0.25, 0.3) is 11.0 Å². The van der Waals surface area contributed by atoms with Crippen LogP contribution < -0.4 is 9.44 Å². The maximum absolute atomic E-state index is 13.1. The molecule has 1 amide bonds. The van der Waals surface area contributed by atoms with E-state index in [1.165, 1.54) is 30.1 Å². The average Bonchev–Trinajstić information content (AvgIpc) is 3.17. The van der Waals surface area contributed by atoms with E-state index in [-0.39, 0.29) is 21.2 Å². The highest BCUT2D eigenvalue weighted by molar-refractivity contribution is 7.93. The molecule has 0 unspecified atom stereocenters. The Balaban J connectivity index is 1.77. The van der Waals surface area contributed by atoms with Gasteiger partial charge in [-0.15, -0.1) is 0 Å². The number of rotatable bonds is 6. The van der Waals surface area contributed by atoms with Crippen molar-refractivity contribution in [1.82, 2.24) is 9.62 Å². The highest BCUT2D eigenvalue weighted by atomic mass is 32.2. The Labute approximate surface area is 185 Å². The Morgan fingerprint density at radius 1 is 0.938 bits per heavy atom. The first-order chi connectivity index (χ1) is 15.2. The van der Waals surface area contributed by atoms with Gasteiger partial charge in [0.1, 0.15) is 11.3 Å². The summed E-state index contributed by atoms with van der Waals surface area (Å²) >= 11 is 0. The Morgan fingerprint density at radius 3 is 2.28 bits per heavy atom. The number of nitrogens with zero attached hydrogens (tertiary/aromatic N) is 1. The van der Waals surface area contributed by atoms with Crippen molar-refractivity contribution in [1.29, 1.82) is 0 Å². The number of ether oxygens (including phenoxy) is 1. The van der Waals surface area contributed by atoms with Gasteiger partial charge < -0.3 is 14.1 Å². The van der Waals surface area contributed by atoms with Gasteiger partial charge in [-0.25, -0.2) is 21.6 Å². The summed E-state index contributed by atoms with van der Waals surface area (Å²) < 4.78 is 66.0. The quantitative estimate of drug-likeness (QED) is 0.548. The summed E-state index contributed by atoms with van der Waals surface area (Å²) in [6, 6.07) is 11.6. The van der Waals surface area contributed by atoms with Gasteiger partial charge in [0.25, 0.3) is 15.9 Å². The number of fused-ring (bicyclic) bond motifs is 1. The summed E-state index contributed by atoms with van der Waals surface area (Å²) in [5.74, 6) is -0.607. The number of sulfonamides is 2. The molecule has 2 aromatic carbocycles. The van der Waals surface area contributed by atoms with Crippen LogP contribution in [0.4, 0.5) is 5.69 Å². The Hall–Kier alpha value is -2.93. The van der Waals surface area contributed by atoms with Crippen molar-refractivity contribution < 1.29 is 30.8 Å². The van der Waals surface area contributed by atoms with Crippen LogP contribution in [0.2, 0.25) is 0 Å². The summed E-state index contributed by atoms with van der Waals surface area (Å²) in [6.45, 7) is 1.46. The Kier molecular flexibility index (Phi) is 5.95. The van der Waals surface area contributed by atoms with Gasteiger partial charge in [0, 0.05) is 18.5 Å². The molecule has 1 aliphatic rings. The number of carbonyl (C=O) groups excluding carboxylic acids is 1. The predicted octanol–water partition coefficient (Wildman–Crippen LogP) is 1.61. The van der Waals surface area contributed by atoms with E-state index < -0.39 is 26.0 Å². The molecule has 1 aliphatic heterocycles. The fraction of sp³-hybridized carbons (Fsp3) is 0.250. The van der Waals surface area contributed by atoms with Crippen molar-refractivity contribution in [2.24, 2.45) is 0 Å². The van der Waals surface area contributed by atoms with Crippen LogP contribution in [-0.4, -0.2) is 61.0 Å². The van der Waals surface area contributed by atoms with Gasteiger partial charge in [0.05, 0.1) is 23.0 Å². The molecule has 0 saturated carbocycles. The second-order valence-electron chi connectivity index (χ2n) is 6.99. The van der Waals surface area contributed by atoms with Crippen LogP contribution in [0.3, 0.4) is 0 Å². The number of hydrogen-bond donors (Lipinski definition) is 2. The number of furan rings is 1. The third kappa shape index (κ3) is 4.21. The van der Waals surface area contributed by atoms with E-state index in [2.05, 4.69) is 9.44 Å². The van der Waals surface area contributed by atoms with Crippen LogP contribution in [0.1, 0.15) is 10.6 Å². The molecule has 0 bridgehead atoms. The van der Waals surface area contributed by atoms with E-state index in [1.807, 2.05) is 0 Å². The number of morpholine rings is 1. The second-order valence-corrected chi connectivity index (χ2v) is 10.6. The van der Waals surface area contributed by atoms with Gasteiger partial charge in [-0.1, -0.05) is 18.2 Å². The number of amides is 1. The average molecular weight is 480 g/mol. The van der Waals surface area contributed by atoms with Gasteiger partial charge in [-0.2, -0.15) is 0 Å². The van der Waals surface area contributed by atoms with Crippen molar-refractivity contribution in [3.8, 4) is 0 Å². The lowest BCUT2D eigenvalue weighted by atomic mass is 10.2. The topological polar surface area (TPSA) is 135 Å². The van der Waals surface area contributed by atoms with Crippen molar-refractivity contribution in [3.63, 3.8) is 0 Å². The number of para-hydroxylation sites is 1. The first kappa shape index (κ1) is 22.3. The Bertz CT molecular complexity index is 1380. The molecule has 3 aromatic rings. The van der Waals surface area contributed by atoms with E-state index in [0.29, 0.717) is 37.3 Å². The van der Waals surface area contributed by atoms with Crippen molar-refractivity contribution in [2.75, 3.05) is 38.1 Å². The minimum Gasteiger partial charge on any atom is -0.449 e. The molecule has 1 saturated heterocycles. The largest absolute Gasteiger partial charge is 0.449 e. The first-order valence-corrected chi connectivity index (χ1v) is 12.6. The lowest BCUT2D eigenvalue weighted by Crippen LogP contribution is -2.40. The second kappa shape index (κ2) is 8.54. The van der Waals surface area contributed by atoms with E-state index >= 15 is 0 Å². The van der Waals surface area contributed by atoms with Crippen molar-refractivity contribution in [3.05, 3.63) is 54.3 Å². The summed E-state index contributed by atoms with van der Waals surface area (Å²) in [5, 5.41) is 0.409. The van der Waals surface area contributed by atoms with Crippen molar-refractivity contribution >= 4 is 42.6 Å². The highest BCUT2D eigenvalue weighted by Crippen LogP contribution is 2.34. The Morgan fingerprint density at radius 2 is 1.59 bits per heavy atom. The molecule has 170 valence electrons. The molecule has 4 rings (SSSR count). The van der Waals surface area contributed by atoms with Crippen LogP contribution >= 0.6 is 0 Å². The molecule has 0 atom stereocenters. The zero-order valence-electron chi connectivity index (χ0n) is 17.1. The molecule has 1 fully saturated rings. The van der Waals surface area contributed by atoms with Crippen LogP contribution in [0.15, 0.2) is 62.7 Å². The lowest BCUT2D eigenvalue weighted by Gasteiger charge is -2.26. The van der Waals surface area contributed by atoms with Gasteiger partial charge in [0.15, 0.2) is 0 Å². The van der Waals surface area contributed by atoms with Gasteiger partial charge in [-0.3, -0.25) is 9.52 Å². The monoisotopic (exact) mass is 479 g/mol. The maximum Gasteiger partial charge on any atom is 0.291 e. The van der Waals surface area contributed by atoms with Gasteiger partial charge >= 0.3 is 0 Å². The molecule has 12 heteroatoms. The summed E-state index contributed by atoms with van der Waals surface area (Å²) in [6.07, 6.45) is 0. The smallest absolute Gasteiger partial charge is 0.291 e. The minimum absolute atomic E-state index is 0.000955. The molecule has 0 radical (unpaired) electrons. The zero-order chi connectivity index (χ0) is 22.9. The van der Waals surface area contributed by atoms with Crippen LogP contribution in [0.5, 0.6) is 0 Å². The first-order valence-electron chi connectivity index (χ1n) is 9.68. The van der Waals surface area contributed by atoms with Gasteiger partial charge in [-0.05, 0) is 37.4 Å². The standard InChI is InChI=1S/C20H21N3O7S2/c1-21-31(25,26)14-5-4-6-15(13-14)32(27,28)22-18-16-7-2-3-8-17(16)30-19(18)20(24)23-9-11-29-12-10-23/h2-8,13,21-22H,9-12H2,1H3. The molecule has 2 heterocycles. The predicted molar refractivity (Wildman–Crippen MR) is 116 cm³/mol. The maximum atomic E-state index is 13.1. The molecule has 0 spiro atoms. The number of carbonyl (C=O) groups is 1. The normalized spacial score (nSPS) is 15.1. The molecule has 1 aromatic heterocycles. The molecule has 0 aliphatic carbocycles. The number of benzene rings is 2. The number of hydrogen-bond acceptors (Lipinski definition) is 7. The molecular formula is C20H21N3O7S2. The zero-order valence-corrected chi connectivity index (χ0v) is 18.7. The molecule has 10 nitrogen and oxygen atoms in total. The number of anilines is 1. The van der Waals surface area contributed by atoms with Crippen molar-refractivity contribution in [2.45, 2.75) is 9.79 Å². The fourth-order valence-electron chi connectivity index (χ4n) is 3.33. The van der Waals surface area contributed by atoms with Gasteiger partial charge in [0.2, 0.25) is 15.8 Å². The SMILES string of the molecule is CNS(=O)(=O)c1cccc(S(=O)(=O)Nc2c(C(=O)N3CCOCC3)oc3ccccc23)c1. The number of nitrogens with one attached hydrogen (secondary N) is 2. The summed E-state index contributed by atoms with van der Waals surface area (Å²) in [5.41, 5.74) is 0.340. The van der Waals surface area contributed by atoms with E-state index in [9.17, 15) is 21.6 Å². The summed E-state index contributed by atoms with van der Waals surface area (Å²) in [7, 11) is -6.87. The van der Waals surface area contributed by atoms with E-state index in [0.717, 1.165) is 6.07 Å². The molecule has 32 heavy (non-hydrogen) atoms.